The van der Waals surface area contributed by atoms with Gasteiger partial charge in [0.2, 0.25) is 0 Å². The smallest absolute Gasteiger partial charge is 0.0274 e. The van der Waals surface area contributed by atoms with E-state index in [1.165, 1.54) is 0 Å². The highest BCUT2D eigenvalue weighted by molar-refractivity contribution is 6.92. The standard InChI is InChI=1S/C3H10Si.H3P/c1-4(2)3;/h4H,1-3H3;1H3. The molecule has 1 atom stereocenters. The van der Waals surface area contributed by atoms with Gasteiger partial charge in [-0.2, -0.15) is 9.90 Å². The summed E-state index contributed by atoms with van der Waals surface area (Å²) in [6.45, 7) is 6.92. The molecule has 2 heteroatoms. The van der Waals surface area contributed by atoms with Crippen LogP contribution in [-0.4, -0.2) is 8.80 Å². The monoisotopic (exact) mass is 108 g/mol. The minimum atomic E-state index is -0.139. The van der Waals surface area contributed by atoms with Gasteiger partial charge in [0.05, 0.1) is 0 Å². The minimum Gasteiger partial charge on any atom is -0.153 e. The van der Waals surface area contributed by atoms with Crippen LogP contribution in [0.2, 0.25) is 19.6 Å². The van der Waals surface area contributed by atoms with Crippen molar-refractivity contribution in [1.82, 2.24) is 0 Å². The van der Waals surface area contributed by atoms with Gasteiger partial charge in [0.25, 0.3) is 0 Å². The fraction of sp³-hybridized carbons (Fsp3) is 1.00. The largest absolute Gasteiger partial charge is 0.153 e. The van der Waals surface area contributed by atoms with Gasteiger partial charge < -0.3 is 0 Å². The van der Waals surface area contributed by atoms with Gasteiger partial charge in [-0.05, 0) is 0 Å². The van der Waals surface area contributed by atoms with Gasteiger partial charge in [-0.25, -0.2) is 0 Å². The highest BCUT2D eigenvalue weighted by Gasteiger charge is 1.71. The third-order valence-corrected chi connectivity index (χ3v) is 0. The first-order chi connectivity index (χ1) is 1.73. The van der Waals surface area contributed by atoms with Crippen molar-refractivity contribution < 1.29 is 0 Å². The first-order valence-corrected chi connectivity index (χ1v) is 5.20. The SMILES string of the molecule is C[SiH](C)C.P. The summed E-state index contributed by atoms with van der Waals surface area (Å²) in [5.74, 6) is 0. The van der Waals surface area contributed by atoms with Crippen LogP contribution >= 0.6 is 9.90 Å². The van der Waals surface area contributed by atoms with E-state index in [-0.39, 0.29) is 18.7 Å². The molecule has 0 amide bonds. The molecule has 1 unspecified atom stereocenters. The summed E-state index contributed by atoms with van der Waals surface area (Å²) >= 11 is 0. The van der Waals surface area contributed by atoms with E-state index < -0.39 is 0 Å². The molecule has 5 heavy (non-hydrogen) atoms. The van der Waals surface area contributed by atoms with Crippen LogP contribution in [-0.2, 0) is 0 Å². The van der Waals surface area contributed by atoms with Crippen molar-refractivity contribution in [2.24, 2.45) is 0 Å². The first-order valence-electron chi connectivity index (χ1n) is 1.73. The molecule has 0 fully saturated rings. The molecule has 0 heterocycles. The van der Waals surface area contributed by atoms with E-state index in [1.54, 1.807) is 0 Å². The molecule has 0 aromatic carbocycles. The summed E-state index contributed by atoms with van der Waals surface area (Å²) in [5, 5.41) is 0. The fourth-order valence-electron chi connectivity index (χ4n) is 0. The lowest BCUT2D eigenvalue weighted by molar-refractivity contribution is 1.91. The van der Waals surface area contributed by atoms with Crippen molar-refractivity contribution in [1.29, 1.82) is 0 Å². The lowest BCUT2D eigenvalue weighted by atomic mass is 11.8. The van der Waals surface area contributed by atoms with E-state index in [2.05, 4.69) is 19.6 Å². The predicted molar refractivity (Wildman–Crippen MR) is 35.8 cm³/mol. The van der Waals surface area contributed by atoms with Crippen molar-refractivity contribution >= 4 is 18.7 Å². The zero-order valence-electron chi connectivity index (χ0n) is 4.28. The topological polar surface area (TPSA) is 0 Å². The Labute approximate surface area is 39.2 Å². The van der Waals surface area contributed by atoms with Gasteiger partial charge in [0.15, 0.2) is 0 Å². The average molecular weight is 108 g/mol. The van der Waals surface area contributed by atoms with Crippen LogP contribution in [0.25, 0.3) is 0 Å². The molecule has 0 aromatic heterocycles. The van der Waals surface area contributed by atoms with E-state index in [9.17, 15) is 0 Å². The minimum absolute atomic E-state index is 0. The summed E-state index contributed by atoms with van der Waals surface area (Å²) in [7, 11) is -0.139. The molecular weight excluding hydrogens is 95.1 g/mol. The van der Waals surface area contributed by atoms with Crippen molar-refractivity contribution in [2.75, 3.05) is 0 Å². The van der Waals surface area contributed by atoms with Crippen molar-refractivity contribution in [3.63, 3.8) is 0 Å². The number of rotatable bonds is 0. The van der Waals surface area contributed by atoms with Crippen LogP contribution in [0.5, 0.6) is 0 Å². The molecule has 0 radical (unpaired) electrons. The van der Waals surface area contributed by atoms with Gasteiger partial charge in [-0.15, -0.1) is 0 Å². The fourth-order valence-corrected chi connectivity index (χ4v) is 0. The van der Waals surface area contributed by atoms with Gasteiger partial charge in [0.1, 0.15) is 0 Å². The van der Waals surface area contributed by atoms with Crippen LogP contribution in [0.15, 0.2) is 0 Å². The summed E-state index contributed by atoms with van der Waals surface area (Å²) < 4.78 is 0. The summed E-state index contributed by atoms with van der Waals surface area (Å²) in [6, 6.07) is 0. The molecule has 0 aliphatic carbocycles. The molecule has 0 N–H and O–H groups in total. The first kappa shape index (κ1) is 9.17. The second kappa shape index (κ2) is 4.65. The van der Waals surface area contributed by atoms with Crippen molar-refractivity contribution in [3.05, 3.63) is 0 Å². The van der Waals surface area contributed by atoms with E-state index >= 15 is 0 Å². The molecule has 34 valence electrons. The Morgan fingerprint density at radius 3 is 1.00 bits per heavy atom. The lowest BCUT2D eigenvalue weighted by Gasteiger charge is -1.75. The Kier molecular flexibility index (Phi) is 8.52. The van der Waals surface area contributed by atoms with Crippen LogP contribution < -0.4 is 0 Å². The Morgan fingerprint density at radius 2 is 1.00 bits per heavy atom. The maximum atomic E-state index is 2.31. The van der Waals surface area contributed by atoms with Crippen molar-refractivity contribution in [3.8, 4) is 0 Å². The molecule has 0 aliphatic heterocycles. The third kappa shape index (κ3) is 77.8. The van der Waals surface area contributed by atoms with Crippen LogP contribution in [0.3, 0.4) is 0 Å². The molecular formula is C3H13PSi. The van der Waals surface area contributed by atoms with Gasteiger partial charge in [-0.1, -0.05) is 19.6 Å². The molecule has 0 spiro atoms. The van der Waals surface area contributed by atoms with E-state index in [1.807, 2.05) is 0 Å². The molecule has 0 rings (SSSR count). The van der Waals surface area contributed by atoms with Gasteiger partial charge in [0, 0.05) is 8.80 Å². The molecule has 0 saturated carbocycles. The van der Waals surface area contributed by atoms with E-state index in [4.69, 9.17) is 0 Å². The average Bonchev–Trinajstić information content (AvgIpc) is 0.811. The highest BCUT2D eigenvalue weighted by Crippen LogP contribution is 1.68. The zero-order chi connectivity index (χ0) is 3.58. The molecule has 0 nitrogen and oxygen atoms in total. The molecule has 0 saturated heterocycles. The zero-order valence-corrected chi connectivity index (χ0v) is 6.85. The normalized spacial score (nSPS) is 7.20. The summed E-state index contributed by atoms with van der Waals surface area (Å²) in [5.41, 5.74) is 0. The van der Waals surface area contributed by atoms with E-state index in [0.29, 0.717) is 0 Å². The number of hydrogen-bond donors (Lipinski definition) is 0. The summed E-state index contributed by atoms with van der Waals surface area (Å²) in [6.07, 6.45) is 0. The summed E-state index contributed by atoms with van der Waals surface area (Å²) in [4.78, 5) is 0. The Hall–Kier alpha value is 0.647. The third-order valence-electron chi connectivity index (χ3n) is 0. The maximum absolute atomic E-state index is 2.31. The van der Waals surface area contributed by atoms with E-state index in [0.717, 1.165) is 0 Å². The van der Waals surface area contributed by atoms with Crippen LogP contribution in [0.1, 0.15) is 0 Å². The Morgan fingerprint density at radius 1 is 1.00 bits per heavy atom. The molecule has 0 bridgehead atoms. The lowest BCUT2D eigenvalue weighted by Crippen LogP contribution is -1.84. The maximum Gasteiger partial charge on any atom is 0.0274 e. The quantitative estimate of drug-likeness (QED) is 0.323. The predicted octanol–water partition coefficient (Wildman–Crippen LogP) is 1.16. The number of hydrogen-bond acceptors (Lipinski definition) is 0. The van der Waals surface area contributed by atoms with Gasteiger partial charge in [-0.3, -0.25) is 0 Å². The second-order valence-corrected chi connectivity index (χ2v) is 5.20. The molecule has 0 aromatic rings. The van der Waals surface area contributed by atoms with Crippen LogP contribution in [0, 0.1) is 0 Å². The van der Waals surface area contributed by atoms with Gasteiger partial charge >= 0.3 is 0 Å². The highest BCUT2D eigenvalue weighted by atomic mass is 31.0. The van der Waals surface area contributed by atoms with Crippen molar-refractivity contribution in [2.45, 2.75) is 19.6 Å². The molecule has 0 aliphatic rings. The van der Waals surface area contributed by atoms with Crippen LogP contribution in [0.4, 0.5) is 0 Å². The Bertz CT molecular complexity index is 11.6. The second-order valence-electron chi connectivity index (χ2n) is 1.73. The Balaban J connectivity index is 0.